The summed E-state index contributed by atoms with van der Waals surface area (Å²) in [7, 11) is 0. The maximum absolute atomic E-state index is 6.56. The molecule has 0 saturated carbocycles. The van der Waals surface area contributed by atoms with E-state index in [4.69, 9.17) is 9.47 Å². The first-order chi connectivity index (χ1) is 17.2. The maximum atomic E-state index is 6.56. The van der Waals surface area contributed by atoms with Gasteiger partial charge in [-0.05, 0) is 24.8 Å². The van der Waals surface area contributed by atoms with Gasteiger partial charge in [-0.15, -0.1) is 0 Å². The lowest BCUT2D eigenvalue weighted by molar-refractivity contribution is -0.133. The molecule has 2 nitrogen and oxygen atoms in total. The molecule has 0 aromatic heterocycles. The van der Waals surface area contributed by atoms with E-state index in [1.807, 2.05) is 0 Å². The van der Waals surface area contributed by atoms with Crippen molar-refractivity contribution in [2.24, 2.45) is 0 Å². The molecule has 0 atom stereocenters. The average Bonchev–Trinajstić information content (AvgIpc) is 3.34. The molecule has 1 aliphatic heterocycles. The minimum atomic E-state index is -0.424. The summed E-state index contributed by atoms with van der Waals surface area (Å²) in [4.78, 5) is 0. The molecule has 0 radical (unpaired) electrons. The Hall–Kier alpha value is -0.275. The Morgan fingerprint density at radius 3 is 1.46 bits per heavy atom. The molecule has 0 N–H and O–H groups in total. The molecule has 1 aliphatic rings. The zero-order chi connectivity index (χ0) is 25.6. The molecule has 3 heteroatoms. The zero-order valence-electron chi connectivity index (χ0n) is 24.9. The summed E-state index contributed by atoms with van der Waals surface area (Å²) in [6, 6.07) is 0. The third kappa shape index (κ3) is 13.2. The van der Waals surface area contributed by atoms with Gasteiger partial charge in [-0.25, -0.2) is 0 Å². The third-order valence-corrected chi connectivity index (χ3v) is 8.07. The van der Waals surface area contributed by atoms with Crippen LogP contribution in [0.4, 0.5) is 0 Å². The first kappa shape index (κ1) is 32.8. The molecular formula is C32H63BO2. The zero-order valence-corrected chi connectivity index (χ0v) is 24.9. The van der Waals surface area contributed by atoms with Gasteiger partial charge in [0.05, 0.1) is 13.2 Å². The molecule has 0 amide bonds. The van der Waals surface area contributed by atoms with E-state index < -0.39 is 5.79 Å². The van der Waals surface area contributed by atoms with Gasteiger partial charge < -0.3 is 9.47 Å². The highest BCUT2D eigenvalue weighted by molar-refractivity contribution is 6.66. The standard InChI is InChI=1S/C32H63BO2/c1-6-11-15-19-23-30(32(25-10-5)34-28-29-35-32)31(24-20-16-12-7-2)33(26-21-17-13-8-3)27-22-18-14-9-4/h6-29H2,1-5H3/b31-30-. The minimum absolute atomic E-state index is 0.424. The van der Waals surface area contributed by atoms with E-state index in [0.29, 0.717) is 0 Å². The summed E-state index contributed by atoms with van der Waals surface area (Å²) < 4.78 is 13.1. The summed E-state index contributed by atoms with van der Waals surface area (Å²) in [6.07, 6.45) is 29.0. The van der Waals surface area contributed by atoms with Crippen LogP contribution in [0.25, 0.3) is 0 Å². The SMILES string of the molecule is CCCCCCB(CCCCCC)/C(CCCCCC)=C(/CCCCCC)C1(CCC)OCCO1. The molecule has 0 bridgehead atoms. The Morgan fingerprint density at radius 1 is 0.543 bits per heavy atom. The largest absolute Gasteiger partial charge is 0.344 e. The van der Waals surface area contributed by atoms with Crippen LogP contribution in [0, 0.1) is 0 Å². The van der Waals surface area contributed by atoms with Gasteiger partial charge in [0.15, 0.2) is 12.5 Å². The molecule has 0 aromatic carbocycles. The Morgan fingerprint density at radius 2 is 1.00 bits per heavy atom. The number of unbranched alkanes of at least 4 members (excludes halogenated alkanes) is 12. The van der Waals surface area contributed by atoms with E-state index in [-0.39, 0.29) is 0 Å². The van der Waals surface area contributed by atoms with Crippen LogP contribution < -0.4 is 0 Å². The van der Waals surface area contributed by atoms with Crippen molar-refractivity contribution in [3.8, 4) is 0 Å². The van der Waals surface area contributed by atoms with Gasteiger partial charge in [-0.1, -0.05) is 155 Å². The third-order valence-electron chi connectivity index (χ3n) is 8.07. The van der Waals surface area contributed by atoms with Crippen LogP contribution in [0.5, 0.6) is 0 Å². The van der Waals surface area contributed by atoms with E-state index in [0.717, 1.165) is 32.8 Å². The number of allylic oxidation sites excluding steroid dienone is 1. The van der Waals surface area contributed by atoms with E-state index in [1.54, 1.807) is 11.0 Å². The van der Waals surface area contributed by atoms with Gasteiger partial charge >= 0.3 is 0 Å². The lowest BCUT2D eigenvalue weighted by Crippen LogP contribution is -2.36. The molecule has 1 heterocycles. The van der Waals surface area contributed by atoms with E-state index in [2.05, 4.69) is 34.6 Å². The Balaban J connectivity index is 3.31. The molecule has 0 unspecified atom stereocenters. The molecule has 0 spiro atoms. The number of hydrogen-bond donors (Lipinski definition) is 0. The highest BCUT2D eigenvalue weighted by Gasteiger charge is 2.41. The van der Waals surface area contributed by atoms with E-state index >= 15 is 0 Å². The van der Waals surface area contributed by atoms with E-state index in [1.165, 1.54) is 128 Å². The maximum Gasteiger partial charge on any atom is 0.190 e. The van der Waals surface area contributed by atoms with Crippen LogP contribution in [-0.2, 0) is 9.47 Å². The summed E-state index contributed by atoms with van der Waals surface area (Å²) in [6.45, 7) is 13.9. The van der Waals surface area contributed by atoms with Crippen LogP contribution in [0.1, 0.15) is 163 Å². The molecule has 1 rings (SSSR count). The van der Waals surface area contributed by atoms with Crippen molar-refractivity contribution < 1.29 is 9.47 Å². The minimum Gasteiger partial charge on any atom is -0.344 e. The van der Waals surface area contributed by atoms with Crippen molar-refractivity contribution in [1.29, 1.82) is 0 Å². The molecule has 35 heavy (non-hydrogen) atoms. The Bertz CT molecular complexity index is 498. The van der Waals surface area contributed by atoms with E-state index in [9.17, 15) is 0 Å². The first-order valence-corrected chi connectivity index (χ1v) is 16.2. The van der Waals surface area contributed by atoms with Gasteiger partial charge in [0.25, 0.3) is 0 Å². The molecule has 1 fully saturated rings. The summed E-state index contributed by atoms with van der Waals surface area (Å²) in [5, 5.41) is 0. The topological polar surface area (TPSA) is 18.5 Å². The Kier molecular flexibility index (Phi) is 20.4. The van der Waals surface area contributed by atoms with Crippen LogP contribution in [-0.4, -0.2) is 25.7 Å². The number of rotatable bonds is 24. The van der Waals surface area contributed by atoms with Crippen molar-refractivity contribution in [3.05, 3.63) is 11.0 Å². The number of hydrogen-bond acceptors (Lipinski definition) is 2. The van der Waals surface area contributed by atoms with Gasteiger partial charge in [-0.3, -0.25) is 0 Å². The van der Waals surface area contributed by atoms with Crippen molar-refractivity contribution >= 4 is 6.71 Å². The smallest absolute Gasteiger partial charge is 0.190 e. The average molecular weight is 491 g/mol. The van der Waals surface area contributed by atoms with Gasteiger partial charge in [0.1, 0.15) is 0 Å². The normalized spacial score (nSPS) is 16.0. The van der Waals surface area contributed by atoms with Crippen molar-refractivity contribution in [2.75, 3.05) is 13.2 Å². The fourth-order valence-electron chi connectivity index (χ4n) is 6.05. The molecule has 0 aromatic rings. The molecule has 0 aliphatic carbocycles. The fourth-order valence-corrected chi connectivity index (χ4v) is 6.05. The lowest BCUT2D eigenvalue weighted by Gasteiger charge is -2.35. The van der Waals surface area contributed by atoms with Crippen molar-refractivity contribution in [1.82, 2.24) is 0 Å². The lowest BCUT2D eigenvalue weighted by atomic mass is 9.37. The monoisotopic (exact) mass is 490 g/mol. The second-order valence-corrected chi connectivity index (χ2v) is 11.2. The van der Waals surface area contributed by atoms with Crippen LogP contribution in [0.15, 0.2) is 11.0 Å². The van der Waals surface area contributed by atoms with Crippen LogP contribution in [0.3, 0.4) is 0 Å². The van der Waals surface area contributed by atoms with Crippen molar-refractivity contribution in [3.63, 3.8) is 0 Å². The second kappa shape index (κ2) is 21.8. The highest BCUT2D eigenvalue weighted by atomic mass is 16.7. The quantitative estimate of drug-likeness (QED) is 0.0989. The summed E-state index contributed by atoms with van der Waals surface area (Å²) >= 11 is 0. The van der Waals surface area contributed by atoms with Gasteiger partial charge in [0.2, 0.25) is 0 Å². The first-order valence-electron chi connectivity index (χ1n) is 16.2. The van der Waals surface area contributed by atoms with Crippen LogP contribution >= 0.6 is 0 Å². The highest BCUT2D eigenvalue weighted by Crippen LogP contribution is 2.41. The van der Waals surface area contributed by atoms with Gasteiger partial charge in [0, 0.05) is 6.42 Å². The molecule has 1 saturated heterocycles. The predicted molar refractivity (Wildman–Crippen MR) is 158 cm³/mol. The van der Waals surface area contributed by atoms with Crippen LogP contribution in [0.2, 0.25) is 12.6 Å². The molecular weight excluding hydrogens is 427 g/mol. The predicted octanol–water partition coefficient (Wildman–Crippen LogP) is 11.0. The number of ether oxygens (including phenoxy) is 2. The summed E-state index contributed by atoms with van der Waals surface area (Å²) in [5.74, 6) is -0.424. The molecule has 206 valence electrons. The second-order valence-electron chi connectivity index (χ2n) is 11.2. The Labute approximate surface area is 221 Å². The van der Waals surface area contributed by atoms with Gasteiger partial charge in [-0.2, -0.15) is 0 Å². The summed E-state index contributed by atoms with van der Waals surface area (Å²) in [5.41, 5.74) is 3.38. The fraction of sp³-hybridized carbons (Fsp3) is 0.938. The van der Waals surface area contributed by atoms with Crippen molar-refractivity contribution in [2.45, 2.75) is 181 Å².